The molecule has 1 heterocycles. The zero-order valence-corrected chi connectivity index (χ0v) is 14.5. The average molecular weight is 361 g/mol. The van der Waals surface area contributed by atoms with Crippen molar-refractivity contribution in [2.75, 3.05) is 12.8 Å². The molecule has 0 aromatic heterocycles. The highest BCUT2D eigenvalue weighted by Gasteiger charge is 2.37. The topological polar surface area (TPSA) is 109 Å². The summed E-state index contributed by atoms with van der Waals surface area (Å²) >= 11 is 0. The van der Waals surface area contributed by atoms with E-state index in [1.54, 1.807) is 6.92 Å². The van der Waals surface area contributed by atoms with Crippen LogP contribution in [-0.4, -0.2) is 51.1 Å². The first-order valence-corrected chi connectivity index (χ1v) is 10.4. The highest BCUT2D eigenvalue weighted by atomic mass is 32.2. The van der Waals surface area contributed by atoms with E-state index in [-0.39, 0.29) is 22.4 Å². The van der Waals surface area contributed by atoms with E-state index in [0.717, 1.165) is 6.26 Å². The van der Waals surface area contributed by atoms with Crippen LogP contribution in [0.3, 0.4) is 0 Å². The number of carboxylic acid groups (broad SMARTS) is 1. The summed E-state index contributed by atoms with van der Waals surface area (Å²) in [6.45, 7) is 1.66. The fourth-order valence-corrected chi connectivity index (χ4v) is 4.94. The van der Waals surface area contributed by atoms with Crippen molar-refractivity contribution in [3.8, 4) is 0 Å². The van der Waals surface area contributed by atoms with E-state index in [4.69, 9.17) is 5.11 Å². The quantitative estimate of drug-likeness (QED) is 0.856. The van der Waals surface area contributed by atoms with Crippen molar-refractivity contribution in [2.24, 2.45) is 5.92 Å². The van der Waals surface area contributed by atoms with E-state index in [0.29, 0.717) is 12.8 Å². The summed E-state index contributed by atoms with van der Waals surface area (Å²) in [7, 11) is -7.27. The number of nitrogens with zero attached hydrogens (tertiary/aromatic N) is 1. The van der Waals surface area contributed by atoms with Gasteiger partial charge in [-0.15, -0.1) is 0 Å². The molecule has 128 valence electrons. The van der Waals surface area contributed by atoms with Crippen LogP contribution in [0.25, 0.3) is 0 Å². The molecule has 2 atom stereocenters. The van der Waals surface area contributed by atoms with Crippen molar-refractivity contribution < 1.29 is 26.7 Å². The van der Waals surface area contributed by atoms with Gasteiger partial charge in [0.05, 0.1) is 15.7 Å². The molecule has 7 nitrogen and oxygen atoms in total. The van der Waals surface area contributed by atoms with Gasteiger partial charge in [0.25, 0.3) is 0 Å². The minimum absolute atomic E-state index is 0.0338. The molecule has 0 aliphatic carbocycles. The second kappa shape index (κ2) is 6.21. The normalized spacial score (nSPS) is 23.6. The molecule has 0 radical (unpaired) electrons. The largest absolute Gasteiger partial charge is 0.481 e. The van der Waals surface area contributed by atoms with Crippen LogP contribution in [0.2, 0.25) is 0 Å². The third-order valence-corrected chi connectivity index (χ3v) is 7.16. The molecular formula is C14H19NO6S2. The Bertz CT molecular complexity index is 798. The zero-order valence-electron chi connectivity index (χ0n) is 12.8. The third kappa shape index (κ3) is 3.73. The number of rotatable bonds is 4. The van der Waals surface area contributed by atoms with Gasteiger partial charge in [0.1, 0.15) is 0 Å². The molecule has 1 saturated heterocycles. The van der Waals surface area contributed by atoms with E-state index < -0.39 is 31.7 Å². The number of hydrogen-bond acceptors (Lipinski definition) is 5. The lowest BCUT2D eigenvalue weighted by Crippen LogP contribution is -2.47. The number of sulfone groups is 1. The molecule has 1 aromatic rings. The van der Waals surface area contributed by atoms with Crippen LogP contribution in [-0.2, 0) is 24.7 Å². The standard InChI is InChI=1S/C14H19NO6S2/c1-10-3-4-11(14(16)17)9-15(10)23(20,21)13-7-5-12(6-8-13)22(2,18)19/h5-8,10-11H,3-4,9H2,1-2H3,(H,16,17). The number of hydrogen-bond donors (Lipinski definition) is 1. The summed E-state index contributed by atoms with van der Waals surface area (Å²) in [5.74, 6) is -1.74. The summed E-state index contributed by atoms with van der Waals surface area (Å²) in [6.07, 6.45) is 1.95. The average Bonchev–Trinajstić information content (AvgIpc) is 2.46. The predicted molar refractivity (Wildman–Crippen MR) is 83.3 cm³/mol. The van der Waals surface area contributed by atoms with Crippen LogP contribution < -0.4 is 0 Å². The molecule has 1 aliphatic heterocycles. The molecule has 9 heteroatoms. The highest BCUT2D eigenvalue weighted by molar-refractivity contribution is 7.90. The number of carboxylic acids is 1. The molecule has 0 saturated carbocycles. The van der Waals surface area contributed by atoms with E-state index >= 15 is 0 Å². The van der Waals surface area contributed by atoms with Gasteiger partial charge < -0.3 is 5.11 Å². The summed E-state index contributed by atoms with van der Waals surface area (Å²) in [5, 5.41) is 9.12. The van der Waals surface area contributed by atoms with Crippen LogP contribution in [0.4, 0.5) is 0 Å². The van der Waals surface area contributed by atoms with Gasteiger partial charge >= 0.3 is 5.97 Å². The first-order valence-electron chi connectivity index (χ1n) is 7.08. The predicted octanol–water partition coefficient (Wildman–Crippen LogP) is 0.964. The van der Waals surface area contributed by atoms with Crippen LogP contribution in [0.1, 0.15) is 19.8 Å². The molecule has 0 amide bonds. The lowest BCUT2D eigenvalue weighted by Gasteiger charge is -2.35. The van der Waals surface area contributed by atoms with Crippen LogP contribution >= 0.6 is 0 Å². The Hall–Kier alpha value is -1.45. The maximum Gasteiger partial charge on any atom is 0.307 e. The van der Waals surface area contributed by atoms with Crippen molar-refractivity contribution in [1.82, 2.24) is 4.31 Å². The molecule has 1 aliphatic rings. The summed E-state index contributed by atoms with van der Waals surface area (Å²) in [4.78, 5) is 11.1. The minimum Gasteiger partial charge on any atom is -0.481 e. The Balaban J connectivity index is 2.35. The lowest BCUT2D eigenvalue weighted by molar-refractivity contribution is -0.143. The number of sulfonamides is 1. The summed E-state index contributed by atoms with van der Waals surface area (Å²) in [6, 6.07) is 4.66. The molecule has 0 bridgehead atoms. The van der Waals surface area contributed by atoms with Crippen LogP contribution in [0, 0.1) is 5.92 Å². The lowest BCUT2D eigenvalue weighted by atomic mass is 9.96. The molecule has 0 spiro atoms. The highest BCUT2D eigenvalue weighted by Crippen LogP contribution is 2.28. The number of benzene rings is 1. The molecular weight excluding hydrogens is 342 g/mol. The van der Waals surface area contributed by atoms with Gasteiger partial charge in [0, 0.05) is 18.8 Å². The van der Waals surface area contributed by atoms with Gasteiger partial charge in [-0.2, -0.15) is 4.31 Å². The molecule has 2 unspecified atom stereocenters. The van der Waals surface area contributed by atoms with Gasteiger partial charge in [0.2, 0.25) is 10.0 Å². The van der Waals surface area contributed by atoms with Gasteiger partial charge in [-0.25, -0.2) is 16.8 Å². The Labute approximate surface area is 135 Å². The number of carbonyl (C=O) groups is 1. The first kappa shape index (κ1) is 17.9. The van der Waals surface area contributed by atoms with Crippen molar-refractivity contribution in [3.63, 3.8) is 0 Å². The van der Waals surface area contributed by atoms with E-state index in [2.05, 4.69) is 0 Å². The van der Waals surface area contributed by atoms with E-state index in [1.807, 2.05) is 0 Å². The monoisotopic (exact) mass is 361 g/mol. The van der Waals surface area contributed by atoms with Crippen molar-refractivity contribution >= 4 is 25.8 Å². The Kier molecular flexibility index (Phi) is 4.84. The smallest absolute Gasteiger partial charge is 0.307 e. The second-order valence-corrected chi connectivity index (χ2v) is 9.69. The molecule has 2 rings (SSSR count). The van der Waals surface area contributed by atoms with Gasteiger partial charge in [0.15, 0.2) is 9.84 Å². The van der Waals surface area contributed by atoms with Crippen molar-refractivity contribution in [2.45, 2.75) is 35.6 Å². The van der Waals surface area contributed by atoms with Crippen LogP contribution in [0.15, 0.2) is 34.1 Å². The Morgan fingerprint density at radius 1 is 1.09 bits per heavy atom. The fourth-order valence-electron chi connectivity index (χ4n) is 2.61. The van der Waals surface area contributed by atoms with E-state index in [1.165, 1.54) is 28.6 Å². The third-order valence-electron chi connectivity index (χ3n) is 4.03. The molecule has 23 heavy (non-hydrogen) atoms. The van der Waals surface area contributed by atoms with Gasteiger partial charge in [-0.05, 0) is 44.0 Å². The minimum atomic E-state index is -3.86. The number of aliphatic carboxylic acids is 1. The van der Waals surface area contributed by atoms with Gasteiger partial charge in [-0.1, -0.05) is 0 Å². The molecule has 1 aromatic carbocycles. The Morgan fingerprint density at radius 3 is 2.09 bits per heavy atom. The van der Waals surface area contributed by atoms with Crippen molar-refractivity contribution in [1.29, 1.82) is 0 Å². The van der Waals surface area contributed by atoms with E-state index in [9.17, 15) is 21.6 Å². The second-order valence-electron chi connectivity index (χ2n) is 5.78. The van der Waals surface area contributed by atoms with Crippen LogP contribution in [0.5, 0.6) is 0 Å². The fraction of sp³-hybridized carbons (Fsp3) is 0.500. The summed E-state index contributed by atoms with van der Waals surface area (Å²) in [5.41, 5.74) is 0. The number of piperidine rings is 1. The summed E-state index contributed by atoms with van der Waals surface area (Å²) < 4.78 is 49.5. The van der Waals surface area contributed by atoms with Crippen molar-refractivity contribution in [3.05, 3.63) is 24.3 Å². The molecule has 1 N–H and O–H groups in total. The Morgan fingerprint density at radius 2 is 1.61 bits per heavy atom. The SMILES string of the molecule is CC1CCC(C(=O)O)CN1S(=O)(=O)c1ccc(S(C)(=O)=O)cc1. The first-order chi connectivity index (χ1) is 10.5. The molecule has 1 fully saturated rings. The zero-order chi connectivity index (χ0) is 17.4. The van der Waals surface area contributed by atoms with Gasteiger partial charge in [-0.3, -0.25) is 4.79 Å². The maximum atomic E-state index is 12.7. The maximum absolute atomic E-state index is 12.7.